The third-order valence-electron chi connectivity index (χ3n) is 3.23. The van der Waals surface area contributed by atoms with Gasteiger partial charge in [-0.2, -0.15) is 0 Å². The number of ether oxygens (including phenoxy) is 1. The summed E-state index contributed by atoms with van der Waals surface area (Å²) >= 11 is 0. The van der Waals surface area contributed by atoms with Gasteiger partial charge in [0.25, 0.3) is 0 Å². The Morgan fingerprint density at radius 1 is 1.35 bits per heavy atom. The smallest absolute Gasteiger partial charge is 0.237 e. The molecule has 23 heavy (non-hydrogen) atoms. The van der Waals surface area contributed by atoms with Crippen molar-refractivity contribution in [2.24, 2.45) is 0 Å². The second-order valence-electron chi connectivity index (χ2n) is 4.87. The van der Waals surface area contributed by atoms with Gasteiger partial charge in [0.05, 0.1) is 6.04 Å². The number of hydrogen-bond acceptors (Lipinski definition) is 4. The fourth-order valence-corrected chi connectivity index (χ4v) is 1.78. The number of nitrogens with one attached hydrogen (secondary N) is 2. The van der Waals surface area contributed by atoms with Gasteiger partial charge in [0.1, 0.15) is 5.82 Å². The molecule has 0 aliphatic rings. The van der Waals surface area contributed by atoms with Gasteiger partial charge in [-0.3, -0.25) is 4.79 Å². The molecule has 2 N–H and O–H groups in total. The van der Waals surface area contributed by atoms with E-state index in [0.29, 0.717) is 5.56 Å². The van der Waals surface area contributed by atoms with Crippen LogP contribution in [0.3, 0.4) is 0 Å². The molecule has 7 heteroatoms. The van der Waals surface area contributed by atoms with Crippen LogP contribution in [0, 0.1) is 11.6 Å². The lowest BCUT2D eigenvalue weighted by molar-refractivity contribution is -0.122. The largest absolute Gasteiger partial charge is 0.436 e. The van der Waals surface area contributed by atoms with Crippen LogP contribution < -0.4 is 15.4 Å². The monoisotopic (exact) mass is 321 g/mol. The van der Waals surface area contributed by atoms with Crippen LogP contribution in [-0.4, -0.2) is 24.0 Å². The third kappa shape index (κ3) is 4.46. The first-order chi connectivity index (χ1) is 11.0. The minimum Gasteiger partial charge on any atom is -0.436 e. The van der Waals surface area contributed by atoms with E-state index in [4.69, 9.17) is 4.74 Å². The Morgan fingerprint density at radius 2 is 2.13 bits per heavy atom. The van der Waals surface area contributed by atoms with Gasteiger partial charge >= 0.3 is 0 Å². The maximum atomic E-state index is 13.7. The number of carbonyl (C=O) groups excluding carboxylic acids is 1. The number of nitrogens with zero attached hydrogens (tertiary/aromatic N) is 1. The van der Waals surface area contributed by atoms with Crippen molar-refractivity contribution in [3.63, 3.8) is 0 Å². The Hall–Kier alpha value is -2.54. The zero-order chi connectivity index (χ0) is 16.8. The molecule has 122 valence electrons. The number of aromatic nitrogens is 1. The molecular weight excluding hydrogens is 304 g/mol. The fourth-order valence-electron chi connectivity index (χ4n) is 1.78. The van der Waals surface area contributed by atoms with Crippen molar-refractivity contribution in [1.82, 2.24) is 15.6 Å². The highest BCUT2D eigenvalue weighted by molar-refractivity contribution is 5.81. The Balaban J connectivity index is 2.12. The molecule has 0 saturated heterocycles. The summed E-state index contributed by atoms with van der Waals surface area (Å²) < 4.78 is 32.0. The van der Waals surface area contributed by atoms with Gasteiger partial charge < -0.3 is 15.4 Å². The number of likely N-dealkylation sites (N-methyl/N-ethyl adjacent to an activating group) is 1. The van der Waals surface area contributed by atoms with Crippen molar-refractivity contribution in [3.8, 4) is 11.6 Å². The van der Waals surface area contributed by atoms with Crippen LogP contribution in [0.2, 0.25) is 0 Å². The molecule has 2 rings (SSSR count). The molecule has 0 spiro atoms. The van der Waals surface area contributed by atoms with Gasteiger partial charge in [0, 0.05) is 24.4 Å². The molecule has 1 amide bonds. The Bertz CT molecular complexity index is 695. The predicted molar refractivity (Wildman–Crippen MR) is 81.0 cm³/mol. The van der Waals surface area contributed by atoms with Gasteiger partial charge in [0.2, 0.25) is 11.8 Å². The van der Waals surface area contributed by atoms with E-state index in [9.17, 15) is 13.6 Å². The summed E-state index contributed by atoms with van der Waals surface area (Å²) in [6, 6.07) is 6.05. The highest BCUT2D eigenvalue weighted by Crippen LogP contribution is 2.25. The highest BCUT2D eigenvalue weighted by atomic mass is 19.1. The topological polar surface area (TPSA) is 63.2 Å². The van der Waals surface area contributed by atoms with Crippen molar-refractivity contribution in [2.45, 2.75) is 19.5 Å². The summed E-state index contributed by atoms with van der Waals surface area (Å²) in [7, 11) is 1.68. The first kappa shape index (κ1) is 16.8. The van der Waals surface area contributed by atoms with E-state index < -0.39 is 11.6 Å². The molecule has 1 atom stereocenters. The van der Waals surface area contributed by atoms with Crippen molar-refractivity contribution in [3.05, 3.63) is 53.7 Å². The minimum absolute atomic E-state index is 0.138. The zero-order valence-corrected chi connectivity index (χ0v) is 12.8. The first-order valence-corrected chi connectivity index (χ1v) is 7.03. The quantitative estimate of drug-likeness (QED) is 0.857. The molecule has 5 nitrogen and oxygen atoms in total. The molecule has 1 aromatic carbocycles. The number of carbonyl (C=O) groups is 1. The van der Waals surface area contributed by atoms with E-state index >= 15 is 0 Å². The average molecular weight is 321 g/mol. The van der Waals surface area contributed by atoms with E-state index in [1.54, 1.807) is 26.1 Å². The molecule has 0 aliphatic carbocycles. The molecule has 0 aliphatic heterocycles. The SMILES string of the molecule is CNC(C)C(=O)NCc1cccnc1Oc1ccc(F)cc1F. The molecule has 0 bridgehead atoms. The van der Waals surface area contributed by atoms with Gasteiger partial charge in [-0.15, -0.1) is 0 Å². The van der Waals surface area contributed by atoms with E-state index in [0.717, 1.165) is 12.1 Å². The lowest BCUT2D eigenvalue weighted by atomic mass is 10.2. The summed E-state index contributed by atoms with van der Waals surface area (Å²) in [6.07, 6.45) is 1.48. The number of amides is 1. The molecule has 1 unspecified atom stereocenters. The van der Waals surface area contributed by atoms with Crippen LogP contribution in [0.15, 0.2) is 36.5 Å². The molecular formula is C16H17F2N3O2. The predicted octanol–water partition coefficient (Wildman–Crippen LogP) is 2.38. The number of pyridine rings is 1. The molecule has 0 radical (unpaired) electrons. The van der Waals surface area contributed by atoms with E-state index in [1.165, 1.54) is 12.3 Å². The lowest BCUT2D eigenvalue weighted by Crippen LogP contribution is -2.40. The zero-order valence-electron chi connectivity index (χ0n) is 12.8. The van der Waals surface area contributed by atoms with Crippen LogP contribution in [-0.2, 0) is 11.3 Å². The summed E-state index contributed by atoms with van der Waals surface area (Å²) in [5, 5.41) is 5.55. The van der Waals surface area contributed by atoms with Crippen LogP contribution >= 0.6 is 0 Å². The Morgan fingerprint density at radius 3 is 2.83 bits per heavy atom. The molecule has 2 aromatic rings. The number of rotatable bonds is 6. The first-order valence-electron chi connectivity index (χ1n) is 7.03. The highest BCUT2D eigenvalue weighted by Gasteiger charge is 2.13. The van der Waals surface area contributed by atoms with Crippen molar-refractivity contribution in [2.75, 3.05) is 7.05 Å². The standard InChI is InChI=1S/C16H17F2N3O2/c1-10(19-2)15(22)21-9-11-4-3-7-20-16(11)23-14-6-5-12(17)8-13(14)18/h3-8,10,19H,9H2,1-2H3,(H,21,22). The van der Waals surface area contributed by atoms with Gasteiger partial charge in [-0.05, 0) is 32.2 Å². The molecule has 1 heterocycles. The van der Waals surface area contributed by atoms with Crippen LogP contribution in [0.1, 0.15) is 12.5 Å². The van der Waals surface area contributed by atoms with Gasteiger partial charge in [0.15, 0.2) is 11.6 Å². The average Bonchev–Trinajstić information content (AvgIpc) is 2.55. The summed E-state index contributed by atoms with van der Waals surface area (Å²) in [5.74, 6) is -1.69. The summed E-state index contributed by atoms with van der Waals surface area (Å²) in [6.45, 7) is 1.90. The number of hydrogen-bond donors (Lipinski definition) is 2. The summed E-state index contributed by atoms with van der Waals surface area (Å²) in [5.41, 5.74) is 0.577. The van der Waals surface area contributed by atoms with Crippen molar-refractivity contribution >= 4 is 5.91 Å². The minimum atomic E-state index is -0.825. The van der Waals surface area contributed by atoms with E-state index in [-0.39, 0.29) is 30.1 Å². The maximum absolute atomic E-state index is 13.7. The maximum Gasteiger partial charge on any atom is 0.237 e. The van der Waals surface area contributed by atoms with Crippen LogP contribution in [0.5, 0.6) is 11.6 Å². The molecule has 0 fully saturated rings. The van der Waals surface area contributed by atoms with Crippen LogP contribution in [0.4, 0.5) is 8.78 Å². The molecule has 1 aromatic heterocycles. The van der Waals surface area contributed by atoms with Crippen LogP contribution in [0.25, 0.3) is 0 Å². The normalized spacial score (nSPS) is 11.8. The Kier molecular flexibility index (Phi) is 5.59. The van der Waals surface area contributed by atoms with Gasteiger partial charge in [-0.25, -0.2) is 13.8 Å². The second-order valence-corrected chi connectivity index (χ2v) is 4.87. The number of benzene rings is 1. The van der Waals surface area contributed by atoms with Gasteiger partial charge in [-0.1, -0.05) is 6.07 Å². The van der Waals surface area contributed by atoms with E-state index in [2.05, 4.69) is 15.6 Å². The second kappa shape index (κ2) is 7.64. The van der Waals surface area contributed by atoms with E-state index in [1.807, 2.05) is 0 Å². The third-order valence-corrected chi connectivity index (χ3v) is 3.23. The summed E-state index contributed by atoms with van der Waals surface area (Å²) in [4.78, 5) is 15.8. The fraction of sp³-hybridized carbons (Fsp3) is 0.250. The van der Waals surface area contributed by atoms with Crippen molar-refractivity contribution in [1.29, 1.82) is 0 Å². The van der Waals surface area contributed by atoms with Crippen molar-refractivity contribution < 1.29 is 18.3 Å². The lowest BCUT2D eigenvalue weighted by Gasteiger charge is -2.13. The Labute approximate surface area is 132 Å². The molecule has 0 saturated carbocycles. The number of halogens is 2.